The van der Waals surface area contributed by atoms with Crippen molar-refractivity contribution in [2.45, 2.75) is 59.2 Å². The Bertz CT molecular complexity index is 621. The van der Waals surface area contributed by atoms with Crippen LogP contribution < -0.4 is 10.2 Å². The minimum Gasteiger partial charge on any atom is -0.444 e. The molecule has 7 heteroatoms. The van der Waals surface area contributed by atoms with Crippen LogP contribution in [-0.2, 0) is 9.47 Å². The Hall–Kier alpha value is -1.76. The van der Waals surface area contributed by atoms with Crippen LogP contribution in [0.2, 0.25) is 0 Å². The summed E-state index contributed by atoms with van der Waals surface area (Å²) in [6.45, 7) is 11.7. The monoisotopic (exact) mass is 428 g/mol. The van der Waals surface area contributed by atoms with Gasteiger partial charge in [0, 0.05) is 17.6 Å². The number of hydrogen-bond donors (Lipinski definition) is 1. The number of nitrogens with one attached hydrogen (secondary N) is 1. The molecule has 0 aliphatic rings. The van der Waals surface area contributed by atoms with Gasteiger partial charge in [-0.2, -0.15) is 0 Å². The first-order valence-electron chi connectivity index (χ1n) is 8.61. The topological polar surface area (TPSA) is 67.9 Å². The summed E-state index contributed by atoms with van der Waals surface area (Å²) < 4.78 is 11.5. The van der Waals surface area contributed by atoms with E-state index in [4.69, 9.17) is 9.47 Å². The third-order valence-electron chi connectivity index (χ3n) is 2.98. The molecule has 0 saturated heterocycles. The van der Waals surface area contributed by atoms with E-state index in [0.29, 0.717) is 19.5 Å². The van der Waals surface area contributed by atoms with Crippen LogP contribution in [0.4, 0.5) is 15.3 Å². The van der Waals surface area contributed by atoms with Crippen LogP contribution >= 0.6 is 15.9 Å². The van der Waals surface area contributed by atoms with Crippen LogP contribution in [0, 0.1) is 0 Å². The molecule has 1 rings (SSSR count). The normalized spacial score (nSPS) is 11.7. The maximum absolute atomic E-state index is 12.6. The van der Waals surface area contributed by atoms with Crippen LogP contribution in [0.1, 0.15) is 48.0 Å². The minimum atomic E-state index is -0.592. The average Bonchev–Trinajstić information content (AvgIpc) is 2.44. The van der Waals surface area contributed by atoms with E-state index in [1.54, 1.807) is 4.90 Å². The van der Waals surface area contributed by atoms with Gasteiger partial charge in [-0.3, -0.25) is 4.90 Å². The first-order chi connectivity index (χ1) is 11.9. The summed E-state index contributed by atoms with van der Waals surface area (Å²) >= 11 is 3.47. The maximum Gasteiger partial charge on any atom is 0.414 e. The molecule has 6 nitrogen and oxygen atoms in total. The minimum absolute atomic E-state index is 0.388. The van der Waals surface area contributed by atoms with Crippen LogP contribution in [-0.4, -0.2) is 36.5 Å². The number of para-hydroxylation sites is 1. The number of hydrogen-bond acceptors (Lipinski definition) is 4. The molecule has 0 radical (unpaired) electrons. The van der Waals surface area contributed by atoms with Crippen LogP contribution in [0.3, 0.4) is 0 Å². The maximum atomic E-state index is 12.6. The first kappa shape index (κ1) is 22.3. The number of alkyl carbamates (subject to hydrolysis) is 1. The summed E-state index contributed by atoms with van der Waals surface area (Å²) in [7, 11) is 0. The van der Waals surface area contributed by atoms with Crippen LogP contribution in [0.15, 0.2) is 28.7 Å². The molecule has 2 amide bonds. The van der Waals surface area contributed by atoms with Gasteiger partial charge < -0.3 is 14.8 Å². The van der Waals surface area contributed by atoms with Crippen molar-refractivity contribution in [3.8, 4) is 0 Å². The molecule has 0 aliphatic heterocycles. The van der Waals surface area contributed by atoms with E-state index in [2.05, 4.69) is 21.2 Å². The van der Waals surface area contributed by atoms with E-state index in [1.165, 1.54) is 0 Å². The lowest BCUT2D eigenvalue weighted by Crippen LogP contribution is -2.39. The van der Waals surface area contributed by atoms with Crippen molar-refractivity contribution in [2.24, 2.45) is 0 Å². The molecule has 26 heavy (non-hydrogen) atoms. The van der Waals surface area contributed by atoms with E-state index < -0.39 is 23.4 Å². The van der Waals surface area contributed by atoms with Gasteiger partial charge in [0.25, 0.3) is 0 Å². The van der Waals surface area contributed by atoms with Gasteiger partial charge >= 0.3 is 12.2 Å². The molecule has 0 atom stereocenters. The second kappa shape index (κ2) is 9.26. The Labute approximate surface area is 164 Å². The molecular formula is C19H29BrN2O4. The summed E-state index contributed by atoms with van der Waals surface area (Å²) in [5, 5.41) is 2.70. The van der Waals surface area contributed by atoms with Gasteiger partial charge in [0.2, 0.25) is 0 Å². The molecular weight excluding hydrogens is 400 g/mol. The van der Waals surface area contributed by atoms with Crippen molar-refractivity contribution in [3.63, 3.8) is 0 Å². The first-order valence-corrected chi connectivity index (χ1v) is 9.40. The van der Waals surface area contributed by atoms with E-state index in [1.807, 2.05) is 65.8 Å². The van der Waals surface area contributed by atoms with Gasteiger partial charge in [0.05, 0.1) is 5.69 Å². The smallest absolute Gasteiger partial charge is 0.414 e. The highest BCUT2D eigenvalue weighted by molar-refractivity contribution is 9.10. The molecule has 0 fully saturated rings. The Morgan fingerprint density at radius 2 is 1.62 bits per heavy atom. The lowest BCUT2D eigenvalue weighted by molar-refractivity contribution is 0.0527. The third-order valence-corrected chi connectivity index (χ3v) is 3.65. The third kappa shape index (κ3) is 8.56. The molecule has 0 spiro atoms. The molecule has 146 valence electrons. The number of amides is 2. The highest BCUT2D eigenvalue weighted by Gasteiger charge is 2.24. The number of benzene rings is 1. The number of rotatable bonds is 5. The fourth-order valence-corrected chi connectivity index (χ4v) is 2.54. The van der Waals surface area contributed by atoms with Gasteiger partial charge in [-0.05, 0) is 76.0 Å². The molecule has 0 unspecified atom stereocenters. The fourth-order valence-electron chi connectivity index (χ4n) is 2.04. The molecule has 1 aromatic carbocycles. The number of ether oxygens (including phenoxy) is 2. The number of nitrogens with zero attached hydrogens (tertiary/aromatic N) is 1. The zero-order chi connectivity index (χ0) is 20.0. The van der Waals surface area contributed by atoms with Gasteiger partial charge in [0.15, 0.2) is 0 Å². The van der Waals surface area contributed by atoms with Crippen molar-refractivity contribution in [3.05, 3.63) is 28.7 Å². The molecule has 0 bridgehead atoms. The van der Waals surface area contributed by atoms with Gasteiger partial charge in [-0.15, -0.1) is 0 Å². The summed E-state index contributed by atoms with van der Waals surface area (Å²) in [6.07, 6.45) is -0.344. The van der Waals surface area contributed by atoms with Crippen LogP contribution in [0.25, 0.3) is 0 Å². The number of halogens is 1. The van der Waals surface area contributed by atoms with E-state index >= 15 is 0 Å². The Kier molecular flexibility index (Phi) is 7.93. The predicted octanol–water partition coefficient (Wildman–Crippen LogP) is 5.11. The Morgan fingerprint density at radius 1 is 1.04 bits per heavy atom. The molecule has 0 saturated carbocycles. The van der Waals surface area contributed by atoms with Crippen LogP contribution in [0.5, 0.6) is 0 Å². The zero-order valence-corrected chi connectivity index (χ0v) is 18.0. The van der Waals surface area contributed by atoms with Crippen molar-refractivity contribution in [1.29, 1.82) is 0 Å². The second-order valence-corrected chi connectivity index (χ2v) is 8.72. The number of carbonyl (C=O) groups excluding carboxylic acids is 2. The molecule has 0 heterocycles. The molecule has 0 aliphatic carbocycles. The van der Waals surface area contributed by atoms with E-state index in [-0.39, 0.29) is 0 Å². The van der Waals surface area contributed by atoms with Crippen molar-refractivity contribution < 1.29 is 19.1 Å². The van der Waals surface area contributed by atoms with Gasteiger partial charge in [-0.25, -0.2) is 9.59 Å². The quantitative estimate of drug-likeness (QED) is 0.661. The van der Waals surface area contributed by atoms with E-state index in [0.717, 1.165) is 10.2 Å². The van der Waals surface area contributed by atoms with Crippen molar-refractivity contribution >= 4 is 33.8 Å². The predicted molar refractivity (Wildman–Crippen MR) is 107 cm³/mol. The standard InChI is InChI=1S/C19H29BrN2O4/c1-18(2,3)25-16(23)21-12-9-13-22(17(24)26-19(4,5)6)15-11-8-7-10-14(15)20/h7-8,10-11H,9,12-13H2,1-6H3,(H,21,23). The zero-order valence-electron chi connectivity index (χ0n) is 16.4. The fraction of sp³-hybridized carbons (Fsp3) is 0.579. The summed E-state index contributed by atoms with van der Waals surface area (Å²) in [5.41, 5.74) is -0.411. The summed E-state index contributed by atoms with van der Waals surface area (Å²) in [6, 6.07) is 7.45. The Morgan fingerprint density at radius 3 is 2.15 bits per heavy atom. The average molecular weight is 429 g/mol. The number of carbonyl (C=O) groups is 2. The van der Waals surface area contributed by atoms with Gasteiger partial charge in [-0.1, -0.05) is 12.1 Å². The Balaban J connectivity index is 2.71. The highest BCUT2D eigenvalue weighted by atomic mass is 79.9. The molecule has 1 N–H and O–H groups in total. The summed E-state index contributed by atoms with van der Waals surface area (Å²) in [5.74, 6) is 0. The van der Waals surface area contributed by atoms with Crippen molar-refractivity contribution in [1.82, 2.24) is 5.32 Å². The van der Waals surface area contributed by atoms with Crippen molar-refractivity contribution in [2.75, 3.05) is 18.0 Å². The summed E-state index contributed by atoms with van der Waals surface area (Å²) in [4.78, 5) is 25.9. The van der Waals surface area contributed by atoms with E-state index in [9.17, 15) is 9.59 Å². The number of anilines is 1. The van der Waals surface area contributed by atoms with Gasteiger partial charge in [0.1, 0.15) is 11.2 Å². The molecule has 1 aromatic rings. The SMILES string of the molecule is CC(C)(C)OC(=O)NCCCN(C(=O)OC(C)(C)C)c1ccccc1Br. The lowest BCUT2D eigenvalue weighted by atomic mass is 10.2. The largest absolute Gasteiger partial charge is 0.444 e. The molecule has 0 aromatic heterocycles. The lowest BCUT2D eigenvalue weighted by Gasteiger charge is -2.28. The highest BCUT2D eigenvalue weighted by Crippen LogP contribution is 2.27. The second-order valence-electron chi connectivity index (χ2n) is 7.87.